The highest BCUT2D eigenvalue weighted by Gasteiger charge is 2.47. The smallest absolute Gasteiger partial charge is 0.226 e. The minimum Gasteiger partial charge on any atom is -0.340 e. The number of piperazine rings is 1. The number of halogens is 2. The van der Waals surface area contributed by atoms with Crippen LogP contribution in [0.5, 0.6) is 0 Å². The van der Waals surface area contributed by atoms with Crippen LogP contribution in [-0.2, 0) is 4.79 Å². The summed E-state index contributed by atoms with van der Waals surface area (Å²) in [4.78, 5) is 14.2. The Balaban J connectivity index is 1.69. The molecular weight excluding hydrogens is 262 g/mol. The first-order valence-electron chi connectivity index (χ1n) is 7.03. The molecule has 0 radical (unpaired) electrons. The van der Waals surface area contributed by atoms with Crippen molar-refractivity contribution in [3.05, 3.63) is 35.4 Å². The minimum atomic E-state index is -0.449. The normalized spacial score (nSPS) is 29.4. The first-order chi connectivity index (χ1) is 9.56. The lowest BCUT2D eigenvalue weighted by molar-refractivity contribution is -0.133. The Kier molecular flexibility index (Phi) is 3.46. The maximum atomic E-state index is 13.7. The molecular formula is C15H18F2N2O. The topological polar surface area (TPSA) is 32.3 Å². The molecule has 1 heterocycles. The average molecular weight is 280 g/mol. The molecule has 2 aliphatic rings. The zero-order valence-corrected chi connectivity index (χ0v) is 11.4. The first-order valence-corrected chi connectivity index (χ1v) is 7.03. The number of carbonyl (C=O) groups is 1. The summed E-state index contributed by atoms with van der Waals surface area (Å²) in [6.07, 6.45) is 0.623. The van der Waals surface area contributed by atoms with Crippen LogP contribution in [0, 0.1) is 17.6 Å². The van der Waals surface area contributed by atoms with Gasteiger partial charge >= 0.3 is 0 Å². The Morgan fingerprint density at radius 2 is 2.20 bits per heavy atom. The molecule has 1 saturated carbocycles. The second kappa shape index (κ2) is 5.13. The van der Waals surface area contributed by atoms with Crippen LogP contribution < -0.4 is 5.32 Å². The molecule has 0 aromatic heterocycles. The second-order valence-electron chi connectivity index (χ2n) is 5.75. The van der Waals surface area contributed by atoms with Gasteiger partial charge in [0, 0.05) is 31.6 Å². The zero-order chi connectivity index (χ0) is 14.3. The lowest BCUT2D eigenvalue weighted by Crippen LogP contribution is -2.51. The van der Waals surface area contributed by atoms with E-state index in [1.807, 2.05) is 11.8 Å². The van der Waals surface area contributed by atoms with Crippen molar-refractivity contribution in [2.75, 3.05) is 19.6 Å². The van der Waals surface area contributed by atoms with Gasteiger partial charge < -0.3 is 10.2 Å². The van der Waals surface area contributed by atoms with E-state index in [2.05, 4.69) is 5.32 Å². The maximum Gasteiger partial charge on any atom is 0.226 e. The van der Waals surface area contributed by atoms with Crippen LogP contribution in [0.15, 0.2) is 18.2 Å². The van der Waals surface area contributed by atoms with Crippen LogP contribution in [0.1, 0.15) is 24.8 Å². The van der Waals surface area contributed by atoms with Gasteiger partial charge in [-0.25, -0.2) is 8.78 Å². The van der Waals surface area contributed by atoms with Crippen molar-refractivity contribution < 1.29 is 13.6 Å². The Morgan fingerprint density at radius 3 is 2.95 bits per heavy atom. The molecule has 1 aromatic rings. The summed E-state index contributed by atoms with van der Waals surface area (Å²) in [6, 6.07) is 3.75. The molecule has 20 heavy (non-hydrogen) atoms. The summed E-state index contributed by atoms with van der Waals surface area (Å²) in [6.45, 7) is 4.21. The zero-order valence-electron chi connectivity index (χ0n) is 11.4. The number of carbonyl (C=O) groups excluding carboxylic acids is 1. The Hall–Kier alpha value is -1.49. The van der Waals surface area contributed by atoms with E-state index in [4.69, 9.17) is 0 Å². The van der Waals surface area contributed by atoms with Gasteiger partial charge in [-0.3, -0.25) is 4.79 Å². The molecule has 3 unspecified atom stereocenters. The van der Waals surface area contributed by atoms with Gasteiger partial charge in [0.1, 0.15) is 11.6 Å². The molecule has 3 atom stereocenters. The number of nitrogens with one attached hydrogen (secondary N) is 1. The molecule has 3 nitrogen and oxygen atoms in total. The predicted molar refractivity (Wildman–Crippen MR) is 71.3 cm³/mol. The molecule has 3 rings (SSSR count). The van der Waals surface area contributed by atoms with E-state index in [9.17, 15) is 13.6 Å². The van der Waals surface area contributed by atoms with E-state index in [-0.39, 0.29) is 23.8 Å². The van der Waals surface area contributed by atoms with E-state index in [1.165, 1.54) is 6.07 Å². The number of hydrogen-bond acceptors (Lipinski definition) is 2. The fourth-order valence-corrected chi connectivity index (χ4v) is 2.98. The van der Waals surface area contributed by atoms with Crippen LogP contribution in [0.2, 0.25) is 0 Å². The molecule has 0 bridgehead atoms. The highest BCUT2D eigenvalue weighted by molar-refractivity contribution is 5.83. The van der Waals surface area contributed by atoms with Gasteiger partial charge in [-0.1, -0.05) is 0 Å². The highest BCUT2D eigenvalue weighted by Crippen LogP contribution is 2.49. The lowest BCUT2D eigenvalue weighted by atomic mass is 10.1. The monoisotopic (exact) mass is 280 g/mol. The third-order valence-electron chi connectivity index (χ3n) is 4.15. The molecule has 1 saturated heterocycles. The van der Waals surface area contributed by atoms with Crippen LogP contribution in [0.4, 0.5) is 8.78 Å². The van der Waals surface area contributed by atoms with Gasteiger partial charge in [-0.2, -0.15) is 0 Å². The molecule has 108 valence electrons. The van der Waals surface area contributed by atoms with Gasteiger partial charge in [-0.15, -0.1) is 0 Å². The largest absolute Gasteiger partial charge is 0.340 e. The lowest BCUT2D eigenvalue weighted by Gasteiger charge is -2.32. The number of amides is 1. The first kappa shape index (κ1) is 13.5. The predicted octanol–water partition coefficient (Wildman–Crippen LogP) is 1.89. The molecule has 1 amide bonds. The van der Waals surface area contributed by atoms with Crippen molar-refractivity contribution >= 4 is 5.91 Å². The molecule has 0 spiro atoms. The molecule has 1 aliphatic heterocycles. The fraction of sp³-hybridized carbons (Fsp3) is 0.533. The van der Waals surface area contributed by atoms with Gasteiger partial charge in [0.05, 0.1) is 0 Å². The summed E-state index contributed by atoms with van der Waals surface area (Å²) in [7, 11) is 0. The quantitative estimate of drug-likeness (QED) is 0.897. The number of rotatable bonds is 2. The van der Waals surface area contributed by atoms with Crippen molar-refractivity contribution in [1.29, 1.82) is 0 Å². The van der Waals surface area contributed by atoms with Gasteiger partial charge in [0.2, 0.25) is 5.91 Å². The van der Waals surface area contributed by atoms with Crippen molar-refractivity contribution in [3.63, 3.8) is 0 Å². The molecule has 1 N–H and O–H groups in total. The van der Waals surface area contributed by atoms with Gasteiger partial charge in [0.15, 0.2) is 0 Å². The van der Waals surface area contributed by atoms with Crippen molar-refractivity contribution in [1.82, 2.24) is 10.2 Å². The van der Waals surface area contributed by atoms with Crippen LogP contribution >= 0.6 is 0 Å². The molecule has 2 fully saturated rings. The standard InChI is InChI=1S/C15H18F2N2O/c1-9-8-19(5-4-18-9)15(20)13-7-11(13)12-6-10(16)2-3-14(12)17/h2-3,6,9,11,13,18H,4-5,7-8H2,1H3. The summed E-state index contributed by atoms with van der Waals surface area (Å²) in [5, 5.41) is 3.28. The van der Waals surface area contributed by atoms with Crippen LogP contribution in [0.3, 0.4) is 0 Å². The highest BCUT2D eigenvalue weighted by atomic mass is 19.1. The van der Waals surface area contributed by atoms with E-state index in [0.717, 1.165) is 18.7 Å². The summed E-state index contributed by atoms with van der Waals surface area (Å²) >= 11 is 0. The number of hydrogen-bond donors (Lipinski definition) is 1. The molecule has 1 aliphatic carbocycles. The third-order valence-corrected chi connectivity index (χ3v) is 4.15. The van der Waals surface area contributed by atoms with Crippen LogP contribution in [0.25, 0.3) is 0 Å². The molecule has 1 aromatic carbocycles. The summed E-state index contributed by atoms with van der Waals surface area (Å²) in [5.74, 6) is -1.14. The van der Waals surface area contributed by atoms with Crippen molar-refractivity contribution in [3.8, 4) is 0 Å². The second-order valence-corrected chi connectivity index (χ2v) is 5.75. The van der Waals surface area contributed by atoms with Crippen molar-refractivity contribution in [2.24, 2.45) is 5.92 Å². The minimum absolute atomic E-state index is 0.0759. The fourth-order valence-electron chi connectivity index (χ4n) is 2.98. The van der Waals surface area contributed by atoms with E-state index in [0.29, 0.717) is 25.1 Å². The van der Waals surface area contributed by atoms with Gasteiger partial charge in [0.25, 0.3) is 0 Å². The molecule has 5 heteroatoms. The summed E-state index contributed by atoms with van der Waals surface area (Å²) in [5.41, 5.74) is 0.339. The number of benzene rings is 1. The average Bonchev–Trinajstić information content (AvgIpc) is 3.21. The Labute approximate surface area is 117 Å². The van der Waals surface area contributed by atoms with E-state index in [1.54, 1.807) is 0 Å². The van der Waals surface area contributed by atoms with E-state index < -0.39 is 11.6 Å². The Bertz CT molecular complexity index is 535. The van der Waals surface area contributed by atoms with E-state index >= 15 is 0 Å². The number of nitrogens with zero attached hydrogens (tertiary/aromatic N) is 1. The van der Waals surface area contributed by atoms with Crippen LogP contribution in [-0.4, -0.2) is 36.5 Å². The SMILES string of the molecule is CC1CN(C(=O)C2CC2c2cc(F)ccc2F)CCN1. The van der Waals surface area contributed by atoms with Crippen molar-refractivity contribution in [2.45, 2.75) is 25.3 Å². The third kappa shape index (κ3) is 2.54. The van der Waals surface area contributed by atoms with Gasteiger partial charge in [-0.05, 0) is 43.0 Å². The Morgan fingerprint density at radius 1 is 1.40 bits per heavy atom. The summed E-state index contributed by atoms with van der Waals surface area (Å²) < 4.78 is 26.9. The maximum absolute atomic E-state index is 13.7.